The molecule has 0 saturated carbocycles. The van der Waals surface area contributed by atoms with Crippen LogP contribution in [0.25, 0.3) is 0 Å². The highest BCUT2D eigenvalue weighted by atomic mass is 32.2. The van der Waals surface area contributed by atoms with E-state index in [-0.39, 0.29) is 42.5 Å². The van der Waals surface area contributed by atoms with Crippen molar-refractivity contribution >= 4 is 27.5 Å². The maximum absolute atomic E-state index is 12.3. The third-order valence-corrected chi connectivity index (χ3v) is 4.47. The fourth-order valence-corrected chi connectivity index (χ4v) is 3.58. The molecule has 0 spiro atoms. The van der Waals surface area contributed by atoms with Crippen LogP contribution in [0.5, 0.6) is 0 Å². The van der Waals surface area contributed by atoms with Gasteiger partial charge in [-0.2, -0.15) is 0 Å². The summed E-state index contributed by atoms with van der Waals surface area (Å²) in [5.74, 6) is -1.07. The summed E-state index contributed by atoms with van der Waals surface area (Å²) in [5.41, 5.74) is 0.887. The maximum Gasteiger partial charge on any atom is 0.253 e. The normalized spacial score (nSPS) is 18.5. The van der Waals surface area contributed by atoms with Gasteiger partial charge in [0.2, 0.25) is 15.9 Å². The van der Waals surface area contributed by atoms with E-state index >= 15 is 0 Å². The van der Waals surface area contributed by atoms with Crippen molar-refractivity contribution in [3.63, 3.8) is 0 Å². The number of sulfonamides is 1. The third kappa shape index (κ3) is 4.52. The number of hydrogen-bond donors (Lipinski definition) is 2. The second-order valence-corrected chi connectivity index (χ2v) is 7.71. The van der Waals surface area contributed by atoms with Crippen molar-refractivity contribution in [2.24, 2.45) is 11.1 Å². The molecule has 0 aromatic heterocycles. The predicted octanol–water partition coefficient (Wildman–Crippen LogP) is 0.466. The van der Waals surface area contributed by atoms with E-state index in [1.54, 1.807) is 24.3 Å². The number of para-hydroxylation sites is 1. The van der Waals surface area contributed by atoms with E-state index in [1.807, 2.05) is 13.8 Å². The molecule has 126 valence electrons. The highest BCUT2D eigenvalue weighted by Crippen LogP contribution is 2.28. The molecular formula is C15H21N3O4S. The van der Waals surface area contributed by atoms with Crippen LogP contribution >= 0.6 is 0 Å². The molecule has 1 aliphatic rings. The number of primary sulfonamides is 1. The predicted molar refractivity (Wildman–Crippen MR) is 87.5 cm³/mol. The molecule has 1 saturated heterocycles. The molecule has 1 aliphatic heterocycles. The number of nitrogens with two attached hydrogens (primary N) is 1. The van der Waals surface area contributed by atoms with Crippen LogP contribution in [-0.4, -0.2) is 38.6 Å². The van der Waals surface area contributed by atoms with Crippen molar-refractivity contribution in [3.8, 4) is 0 Å². The van der Waals surface area contributed by atoms with Crippen molar-refractivity contribution in [2.75, 3.05) is 17.2 Å². The number of nitrogens with zero attached hydrogens (tertiary/aromatic N) is 1. The average Bonchev–Trinajstić information content (AvgIpc) is 2.76. The summed E-state index contributed by atoms with van der Waals surface area (Å²) < 4.78 is 22.4. The molecule has 1 unspecified atom stereocenters. The molecule has 2 amide bonds. The largest absolute Gasteiger partial charge is 0.350 e. The first kappa shape index (κ1) is 17.4. The van der Waals surface area contributed by atoms with Gasteiger partial charge >= 0.3 is 0 Å². The molecule has 1 atom stereocenters. The Morgan fingerprint density at radius 1 is 1.39 bits per heavy atom. The van der Waals surface area contributed by atoms with Crippen LogP contribution in [0.2, 0.25) is 0 Å². The first-order valence-electron chi connectivity index (χ1n) is 7.38. The SMILES string of the molecule is CC(C)NC(=O)c1ccccc1N1CC(CS(N)(=O)=O)CC1=O. The fourth-order valence-electron chi connectivity index (χ4n) is 2.70. The minimum atomic E-state index is -3.64. The van der Waals surface area contributed by atoms with Crippen molar-refractivity contribution in [1.82, 2.24) is 5.32 Å². The number of rotatable bonds is 5. The summed E-state index contributed by atoms with van der Waals surface area (Å²) in [4.78, 5) is 26.0. The molecule has 0 bridgehead atoms. The highest BCUT2D eigenvalue weighted by Gasteiger charge is 2.34. The van der Waals surface area contributed by atoms with Crippen molar-refractivity contribution in [2.45, 2.75) is 26.3 Å². The van der Waals surface area contributed by atoms with Gasteiger partial charge in [-0.1, -0.05) is 12.1 Å². The van der Waals surface area contributed by atoms with E-state index in [0.29, 0.717) is 11.3 Å². The van der Waals surface area contributed by atoms with Crippen molar-refractivity contribution in [3.05, 3.63) is 29.8 Å². The summed E-state index contributed by atoms with van der Waals surface area (Å²) in [5, 5.41) is 7.85. The summed E-state index contributed by atoms with van der Waals surface area (Å²) in [6.45, 7) is 3.94. The lowest BCUT2D eigenvalue weighted by molar-refractivity contribution is -0.117. The summed E-state index contributed by atoms with van der Waals surface area (Å²) in [7, 11) is -3.64. The van der Waals surface area contributed by atoms with Gasteiger partial charge in [0, 0.05) is 24.9 Å². The molecule has 1 aromatic carbocycles. The van der Waals surface area contributed by atoms with Gasteiger partial charge in [-0.25, -0.2) is 13.6 Å². The van der Waals surface area contributed by atoms with Gasteiger partial charge in [-0.3, -0.25) is 9.59 Å². The lowest BCUT2D eigenvalue weighted by atomic mass is 10.1. The van der Waals surface area contributed by atoms with Crippen LogP contribution in [0.15, 0.2) is 24.3 Å². The van der Waals surface area contributed by atoms with Crippen molar-refractivity contribution < 1.29 is 18.0 Å². The minimum absolute atomic E-state index is 0.0278. The molecule has 3 N–H and O–H groups in total. The Labute approximate surface area is 135 Å². The number of nitrogens with one attached hydrogen (secondary N) is 1. The smallest absolute Gasteiger partial charge is 0.253 e. The zero-order valence-corrected chi connectivity index (χ0v) is 14.0. The molecule has 1 heterocycles. The Kier molecular flexibility index (Phi) is 5.06. The number of benzene rings is 1. The van der Waals surface area contributed by atoms with Crippen LogP contribution in [0.3, 0.4) is 0 Å². The summed E-state index contributed by atoms with van der Waals surface area (Å²) in [6, 6.07) is 6.77. The fraction of sp³-hybridized carbons (Fsp3) is 0.467. The van der Waals surface area contributed by atoms with Gasteiger partial charge in [-0.05, 0) is 26.0 Å². The first-order valence-corrected chi connectivity index (χ1v) is 9.09. The van der Waals surface area contributed by atoms with Gasteiger partial charge in [0.05, 0.1) is 17.0 Å². The average molecular weight is 339 g/mol. The zero-order chi connectivity index (χ0) is 17.2. The van der Waals surface area contributed by atoms with Crippen LogP contribution in [-0.2, 0) is 14.8 Å². The maximum atomic E-state index is 12.3. The molecule has 7 nitrogen and oxygen atoms in total. The molecule has 8 heteroatoms. The molecule has 0 radical (unpaired) electrons. The second kappa shape index (κ2) is 6.67. The number of amides is 2. The van der Waals surface area contributed by atoms with Gasteiger partial charge in [-0.15, -0.1) is 0 Å². The lowest BCUT2D eigenvalue weighted by Gasteiger charge is -2.20. The lowest BCUT2D eigenvalue weighted by Crippen LogP contribution is -2.33. The Hall–Kier alpha value is -1.93. The zero-order valence-electron chi connectivity index (χ0n) is 13.2. The van der Waals surface area contributed by atoms with Gasteiger partial charge in [0.15, 0.2) is 0 Å². The summed E-state index contributed by atoms with van der Waals surface area (Å²) in [6.07, 6.45) is 0.108. The molecule has 1 fully saturated rings. The molecule has 23 heavy (non-hydrogen) atoms. The number of carbonyl (C=O) groups excluding carboxylic acids is 2. The molecular weight excluding hydrogens is 318 g/mol. The highest BCUT2D eigenvalue weighted by molar-refractivity contribution is 7.89. The van der Waals surface area contributed by atoms with Crippen LogP contribution < -0.4 is 15.4 Å². The standard InChI is InChI=1S/C15H21N3O4S/c1-10(2)17-15(20)12-5-3-4-6-13(12)18-8-11(7-14(18)19)9-23(16,21)22/h3-6,10-11H,7-9H2,1-2H3,(H,17,20)(H2,16,21,22). The van der Waals surface area contributed by atoms with E-state index in [9.17, 15) is 18.0 Å². The Bertz CT molecular complexity index is 715. The van der Waals surface area contributed by atoms with Crippen LogP contribution in [0, 0.1) is 5.92 Å². The second-order valence-electron chi connectivity index (χ2n) is 6.05. The summed E-state index contributed by atoms with van der Waals surface area (Å²) >= 11 is 0. The van der Waals surface area contributed by atoms with E-state index in [0.717, 1.165) is 0 Å². The Morgan fingerprint density at radius 3 is 2.65 bits per heavy atom. The van der Waals surface area contributed by atoms with E-state index in [1.165, 1.54) is 4.90 Å². The molecule has 2 rings (SSSR count). The monoisotopic (exact) mass is 339 g/mol. The van der Waals surface area contributed by atoms with E-state index < -0.39 is 10.0 Å². The third-order valence-electron chi connectivity index (χ3n) is 3.53. The minimum Gasteiger partial charge on any atom is -0.350 e. The molecule has 1 aromatic rings. The van der Waals surface area contributed by atoms with Crippen LogP contribution in [0.1, 0.15) is 30.6 Å². The number of anilines is 1. The topological polar surface area (TPSA) is 110 Å². The van der Waals surface area contributed by atoms with Crippen LogP contribution in [0.4, 0.5) is 5.69 Å². The van der Waals surface area contributed by atoms with Crippen molar-refractivity contribution in [1.29, 1.82) is 0 Å². The Morgan fingerprint density at radius 2 is 2.04 bits per heavy atom. The Balaban J connectivity index is 2.25. The quantitative estimate of drug-likeness (QED) is 0.812. The van der Waals surface area contributed by atoms with E-state index in [4.69, 9.17) is 5.14 Å². The molecule has 0 aliphatic carbocycles. The van der Waals surface area contributed by atoms with Gasteiger partial charge in [0.1, 0.15) is 0 Å². The number of carbonyl (C=O) groups is 2. The van der Waals surface area contributed by atoms with Gasteiger partial charge < -0.3 is 10.2 Å². The van der Waals surface area contributed by atoms with Gasteiger partial charge in [0.25, 0.3) is 5.91 Å². The first-order chi connectivity index (χ1) is 10.7. The van der Waals surface area contributed by atoms with E-state index in [2.05, 4.69) is 5.32 Å². The number of hydrogen-bond acceptors (Lipinski definition) is 4.